The van der Waals surface area contributed by atoms with Crippen molar-refractivity contribution in [3.05, 3.63) is 131 Å². The van der Waals surface area contributed by atoms with E-state index in [9.17, 15) is 4.79 Å². The first-order valence-corrected chi connectivity index (χ1v) is 11.8. The number of aryl methyl sites for hydroxylation is 1. The molecule has 0 fully saturated rings. The average molecular weight is 455 g/mol. The molecule has 0 radical (unpaired) electrons. The Balaban J connectivity index is 1.65. The van der Waals surface area contributed by atoms with E-state index in [1.807, 2.05) is 53.1 Å². The van der Waals surface area contributed by atoms with Gasteiger partial charge in [0.1, 0.15) is 0 Å². The number of benzene rings is 3. The summed E-state index contributed by atoms with van der Waals surface area (Å²) in [6.07, 6.45) is 3.73. The maximum absolute atomic E-state index is 13.6. The molecule has 3 aromatic carbocycles. The van der Waals surface area contributed by atoms with Crippen molar-refractivity contribution in [1.82, 2.24) is 4.57 Å². The largest absolute Gasteiger partial charge is 0.272 e. The number of nitrogens with zero attached hydrogens (tertiary/aromatic N) is 2. The molecular formula is C27H19ClN2OS. The number of hydrogen-bond acceptors (Lipinski definition) is 3. The second kappa shape index (κ2) is 7.73. The standard InChI is InChI=1S/C27H19ClN2OS/c28-22-13-7-5-11-19(22)16-23-26(31)30-25(18-9-2-1-3-10-18)21-15-14-17-8-4-6-12-20(17)24(21)29-27(30)32-23/h1-13,16,25H,14-15H2/b23-16-/t25-/m0/s1. The maximum atomic E-state index is 13.6. The minimum absolute atomic E-state index is 0.0204. The fourth-order valence-electron chi connectivity index (χ4n) is 4.69. The zero-order chi connectivity index (χ0) is 21.7. The molecule has 1 atom stereocenters. The molecule has 0 amide bonds. The summed E-state index contributed by atoms with van der Waals surface area (Å²) in [6, 6.07) is 26.2. The van der Waals surface area contributed by atoms with Crippen molar-refractivity contribution in [1.29, 1.82) is 0 Å². The Kier molecular flexibility index (Phi) is 4.71. The second-order valence-electron chi connectivity index (χ2n) is 8.05. The Hall–Kier alpha value is -3.21. The molecule has 0 bridgehead atoms. The van der Waals surface area contributed by atoms with Crippen LogP contribution in [0.25, 0.3) is 11.8 Å². The van der Waals surface area contributed by atoms with E-state index in [0.717, 1.165) is 34.5 Å². The van der Waals surface area contributed by atoms with Crippen molar-refractivity contribution in [2.45, 2.75) is 18.9 Å². The summed E-state index contributed by atoms with van der Waals surface area (Å²) in [5, 5.41) is 0.631. The lowest BCUT2D eigenvalue weighted by Gasteiger charge is -2.30. The Morgan fingerprint density at radius 3 is 2.53 bits per heavy atom. The minimum atomic E-state index is -0.149. The van der Waals surface area contributed by atoms with Crippen molar-refractivity contribution in [2.75, 3.05) is 0 Å². The summed E-state index contributed by atoms with van der Waals surface area (Å²) < 4.78 is 2.51. The zero-order valence-electron chi connectivity index (χ0n) is 17.2. The molecule has 1 aromatic heterocycles. The minimum Gasteiger partial charge on any atom is -0.272 e. The summed E-state index contributed by atoms with van der Waals surface area (Å²) in [5.74, 6) is 0. The number of allylic oxidation sites excluding steroid dienone is 1. The van der Waals surface area contributed by atoms with Gasteiger partial charge in [-0.3, -0.25) is 9.36 Å². The van der Waals surface area contributed by atoms with Gasteiger partial charge in [-0.1, -0.05) is 95.7 Å². The molecule has 6 rings (SSSR count). The molecule has 0 spiro atoms. The summed E-state index contributed by atoms with van der Waals surface area (Å²) in [4.78, 5) is 19.4. The van der Waals surface area contributed by atoms with E-state index in [4.69, 9.17) is 16.6 Å². The van der Waals surface area contributed by atoms with E-state index < -0.39 is 0 Å². The number of aromatic nitrogens is 1. The van der Waals surface area contributed by atoms with Crippen LogP contribution in [-0.2, 0) is 6.42 Å². The van der Waals surface area contributed by atoms with Gasteiger partial charge in [-0.2, -0.15) is 0 Å². The van der Waals surface area contributed by atoms with Crippen LogP contribution in [0.2, 0.25) is 5.02 Å². The zero-order valence-corrected chi connectivity index (χ0v) is 18.7. The van der Waals surface area contributed by atoms with Crippen LogP contribution in [0.15, 0.2) is 94.2 Å². The van der Waals surface area contributed by atoms with Crippen LogP contribution in [-0.4, -0.2) is 4.57 Å². The third kappa shape index (κ3) is 3.10. The first kappa shape index (κ1) is 19.5. The molecule has 1 aliphatic carbocycles. The lowest BCUT2D eigenvalue weighted by atomic mass is 9.83. The number of hydrogen-bond donors (Lipinski definition) is 0. The molecule has 2 heterocycles. The maximum Gasteiger partial charge on any atom is 0.271 e. The summed E-state index contributed by atoms with van der Waals surface area (Å²) >= 11 is 7.80. The van der Waals surface area contributed by atoms with Gasteiger partial charge in [-0.05, 0) is 47.2 Å². The highest BCUT2D eigenvalue weighted by atomic mass is 35.5. The van der Waals surface area contributed by atoms with E-state index >= 15 is 0 Å². The van der Waals surface area contributed by atoms with Crippen molar-refractivity contribution in [3.63, 3.8) is 0 Å². The van der Waals surface area contributed by atoms with Crippen molar-refractivity contribution < 1.29 is 0 Å². The van der Waals surface area contributed by atoms with E-state index in [2.05, 4.69) is 36.4 Å². The molecule has 0 saturated heterocycles. The molecule has 0 saturated carbocycles. The summed E-state index contributed by atoms with van der Waals surface area (Å²) in [7, 11) is 0. The molecule has 4 aromatic rings. The van der Waals surface area contributed by atoms with Gasteiger partial charge in [-0.25, -0.2) is 4.99 Å². The predicted octanol–water partition coefficient (Wildman–Crippen LogP) is 4.97. The Bertz CT molecular complexity index is 1560. The molecule has 5 heteroatoms. The first-order valence-electron chi connectivity index (χ1n) is 10.6. The van der Waals surface area contributed by atoms with E-state index in [1.54, 1.807) is 0 Å². The highest BCUT2D eigenvalue weighted by molar-refractivity contribution is 7.07. The smallest absolute Gasteiger partial charge is 0.271 e. The van der Waals surface area contributed by atoms with Gasteiger partial charge in [0, 0.05) is 10.6 Å². The van der Waals surface area contributed by atoms with Crippen LogP contribution >= 0.6 is 22.9 Å². The van der Waals surface area contributed by atoms with Gasteiger partial charge >= 0.3 is 0 Å². The van der Waals surface area contributed by atoms with Crippen molar-refractivity contribution in [2.24, 2.45) is 4.99 Å². The van der Waals surface area contributed by atoms with E-state index in [1.165, 1.54) is 28.0 Å². The van der Waals surface area contributed by atoms with Gasteiger partial charge in [0.25, 0.3) is 5.56 Å². The van der Waals surface area contributed by atoms with Gasteiger partial charge in [0.05, 0.1) is 16.3 Å². The molecule has 0 unspecified atom stereocenters. The SMILES string of the molecule is O=c1/c(=C/c2ccccc2Cl)sc2n1[C@@H](c1ccccc1)C1=C(N=2)c2ccccc2CC1. The number of halogens is 1. The molecule has 0 N–H and O–H groups in total. The predicted molar refractivity (Wildman–Crippen MR) is 131 cm³/mol. The van der Waals surface area contributed by atoms with E-state index in [-0.39, 0.29) is 11.6 Å². The number of rotatable bonds is 2. The van der Waals surface area contributed by atoms with Gasteiger partial charge in [0.2, 0.25) is 0 Å². The van der Waals surface area contributed by atoms with Crippen LogP contribution in [0.4, 0.5) is 0 Å². The highest BCUT2D eigenvalue weighted by Gasteiger charge is 2.32. The van der Waals surface area contributed by atoms with Crippen molar-refractivity contribution in [3.8, 4) is 0 Å². The topological polar surface area (TPSA) is 34.4 Å². The third-order valence-corrected chi connectivity index (χ3v) is 7.51. The molecule has 1 aliphatic heterocycles. The lowest BCUT2D eigenvalue weighted by molar-refractivity contribution is 0.585. The lowest BCUT2D eigenvalue weighted by Crippen LogP contribution is -2.38. The van der Waals surface area contributed by atoms with Crippen LogP contribution in [0, 0.1) is 0 Å². The Morgan fingerprint density at radius 2 is 1.69 bits per heavy atom. The third-order valence-electron chi connectivity index (χ3n) is 6.18. The second-order valence-corrected chi connectivity index (χ2v) is 9.46. The monoisotopic (exact) mass is 454 g/mol. The van der Waals surface area contributed by atoms with Gasteiger partial charge in [0.15, 0.2) is 4.80 Å². The molecule has 32 heavy (non-hydrogen) atoms. The average Bonchev–Trinajstić information content (AvgIpc) is 3.14. The molecule has 156 valence electrons. The Labute approximate surface area is 194 Å². The number of thiazole rings is 1. The van der Waals surface area contributed by atoms with Crippen LogP contribution in [0.1, 0.15) is 34.7 Å². The fourth-order valence-corrected chi connectivity index (χ4v) is 5.87. The van der Waals surface area contributed by atoms with Crippen molar-refractivity contribution >= 4 is 34.7 Å². The van der Waals surface area contributed by atoms with Crippen LogP contribution in [0.5, 0.6) is 0 Å². The molecule has 3 nitrogen and oxygen atoms in total. The van der Waals surface area contributed by atoms with Crippen LogP contribution in [0.3, 0.4) is 0 Å². The highest BCUT2D eigenvalue weighted by Crippen LogP contribution is 2.41. The normalized spacial score (nSPS) is 17.4. The summed E-state index contributed by atoms with van der Waals surface area (Å²) in [6.45, 7) is 0. The quantitative estimate of drug-likeness (QED) is 0.421. The summed E-state index contributed by atoms with van der Waals surface area (Å²) in [5.41, 5.74) is 6.66. The molecular weight excluding hydrogens is 436 g/mol. The van der Waals surface area contributed by atoms with Gasteiger partial charge < -0.3 is 0 Å². The fraction of sp³-hybridized carbons (Fsp3) is 0.111. The van der Waals surface area contributed by atoms with Crippen LogP contribution < -0.4 is 14.9 Å². The Morgan fingerprint density at radius 1 is 0.938 bits per heavy atom. The van der Waals surface area contributed by atoms with E-state index in [0.29, 0.717) is 9.55 Å². The first-order chi connectivity index (χ1) is 15.7. The van der Waals surface area contributed by atoms with Gasteiger partial charge in [-0.15, -0.1) is 0 Å². The molecule has 2 aliphatic rings. The number of fused-ring (bicyclic) bond motifs is 3.